The minimum Gasteiger partial charge on any atom is -0.457 e. The van der Waals surface area contributed by atoms with Crippen LogP contribution in [0, 0.1) is 0 Å². The molecular formula is C21H14O3. The number of carbonyl (C=O) groups excluding carboxylic acids is 1. The highest BCUT2D eigenvalue weighted by atomic mass is 16.5. The second-order valence-electron chi connectivity index (χ2n) is 5.42. The van der Waals surface area contributed by atoms with E-state index in [1.807, 2.05) is 54.6 Å². The molecule has 0 N–H and O–H groups in total. The van der Waals surface area contributed by atoms with Crippen molar-refractivity contribution in [1.29, 1.82) is 0 Å². The van der Waals surface area contributed by atoms with Gasteiger partial charge in [-0.2, -0.15) is 0 Å². The maximum absolute atomic E-state index is 12.6. The van der Waals surface area contributed by atoms with Crippen LogP contribution in [-0.4, -0.2) is 5.78 Å². The van der Waals surface area contributed by atoms with Crippen LogP contribution in [0.3, 0.4) is 0 Å². The van der Waals surface area contributed by atoms with E-state index < -0.39 is 0 Å². The normalized spacial score (nSPS) is 10.7. The number of para-hydroxylation sites is 2. The number of rotatable bonds is 4. The summed E-state index contributed by atoms with van der Waals surface area (Å²) in [5.41, 5.74) is 1.28. The molecule has 0 unspecified atom stereocenters. The molecular weight excluding hydrogens is 300 g/mol. The van der Waals surface area contributed by atoms with Crippen LogP contribution in [0.25, 0.3) is 11.0 Å². The summed E-state index contributed by atoms with van der Waals surface area (Å²) in [6.07, 6.45) is 0. The molecule has 116 valence electrons. The predicted octanol–water partition coefficient (Wildman–Crippen LogP) is 5.46. The Balaban J connectivity index is 1.56. The molecule has 0 aliphatic carbocycles. The number of hydrogen-bond donors (Lipinski definition) is 0. The van der Waals surface area contributed by atoms with Gasteiger partial charge in [0.05, 0.1) is 0 Å². The summed E-state index contributed by atoms with van der Waals surface area (Å²) in [6.45, 7) is 0. The molecule has 0 aliphatic rings. The molecule has 3 heteroatoms. The summed E-state index contributed by atoms with van der Waals surface area (Å²) in [6, 6.07) is 25.9. The van der Waals surface area contributed by atoms with Crippen LogP contribution in [0.4, 0.5) is 0 Å². The van der Waals surface area contributed by atoms with Crippen LogP contribution >= 0.6 is 0 Å². The zero-order valence-electron chi connectivity index (χ0n) is 12.8. The van der Waals surface area contributed by atoms with E-state index in [1.165, 1.54) is 0 Å². The Morgan fingerprint density at radius 2 is 1.42 bits per heavy atom. The third kappa shape index (κ3) is 2.79. The highest BCUT2D eigenvalue weighted by molar-refractivity contribution is 6.09. The molecule has 24 heavy (non-hydrogen) atoms. The lowest BCUT2D eigenvalue weighted by Crippen LogP contribution is -1.99. The average Bonchev–Trinajstić information content (AvgIpc) is 3.07. The van der Waals surface area contributed by atoms with E-state index in [2.05, 4.69) is 0 Å². The van der Waals surface area contributed by atoms with Crippen molar-refractivity contribution in [1.82, 2.24) is 0 Å². The number of fused-ring (bicyclic) bond motifs is 1. The van der Waals surface area contributed by atoms with Gasteiger partial charge in [-0.25, -0.2) is 0 Å². The minimum atomic E-state index is -0.141. The van der Waals surface area contributed by atoms with Crippen LogP contribution < -0.4 is 4.74 Å². The lowest BCUT2D eigenvalue weighted by Gasteiger charge is -2.05. The van der Waals surface area contributed by atoms with Crippen molar-refractivity contribution in [2.24, 2.45) is 0 Å². The standard InChI is InChI=1S/C21H14O3/c22-21(20-14-16-6-4-5-9-19(16)24-20)15-10-12-18(13-11-15)23-17-7-2-1-3-8-17/h1-14H. The SMILES string of the molecule is O=C(c1ccc(Oc2ccccc2)cc1)c1cc2ccccc2o1. The second-order valence-corrected chi connectivity index (χ2v) is 5.42. The van der Waals surface area contributed by atoms with Gasteiger partial charge in [-0.05, 0) is 48.5 Å². The van der Waals surface area contributed by atoms with Crippen molar-refractivity contribution in [3.8, 4) is 11.5 Å². The molecule has 0 radical (unpaired) electrons. The van der Waals surface area contributed by atoms with Crippen molar-refractivity contribution in [2.45, 2.75) is 0 Å². The van der Waals surface area contributed by atoms with Crippen molar-refractivity contribution in [3.05, 3.63) is 96.3 Å². The number of carbonyl (C=O) groups is 1. The molecule has 0 saturated carbocycles. The molecule has 1 aromatic heterocycles. The van der Waals surface area contributed by atoms with E-state index in [0.29, 0.717) is 22.7 Å². The molecule has 0 amide bonds. The predicted molar refractivity (Wildman–Crippen MR) is 92.6 cm³/mol. The Morgan fingerprint density at radius 1 is 0.750 bits per heavy atom. The molecule has 1 heterocycles. The van der Waals surface area contributed by atoms with Gasteiger partial charge < -0.3 is 9.15 Å². The lowest BCUT2D eigenvalue weighted by atomic mass is 10.1. The maximum Gasteiger partial charge on any atom is 0.228 e. The average molecular weight is 314 g/mol. The first kappa shape index (κ1) is 14.3. The van der Waals surface area contributed by atoms with Gasteiger partial charge >= 0.3 is 0 Å². The summed E-state index contributed by atoms with van der Waals surface area (Å²) in [4.78, 5) is 12.6. The van der Waals surface area contributed by atoms with Gasteiger partial charge in [0.25, 0.3) is 0 Å². The van der Waals surface area contributed by atoms with Crippen LogP contribution in [0.2, 0.25) is 0 Å². The van der Waals surface area contributed by atoms with Crippen LogP contribution in [0.5, 0.6) is 11.5 Å². The van der Waals surface area contributed by atoms with Gasteiger partial charge in [-0.15, -0.1) is 0 Å². The van der Waals surface area contributed by atoms with Gasteiger partial charge in [0, 0.05) is 10.9 Å². The Morgan fingerprint density at radius 3 is 2.17 bits per heavy atom. The second kappa shape index (κ2) is 6.05. The van der Waals surface area contributed by atoms with Crippen molar-refractivity contribution in [3.63, 3.8) is 0 Å². The Kier molecular flexibility index (Phi) is 3.60. The molecule has 0 bridgehead atoms. The summed E-state index contributed by atoms with van der Waals surface area (Å²) in [5.74, 6) is 1.64. The Hall–Kier alpha value is -3.33. The summed E-state index contributed by atoms with van der Waals surface area (Å²) in [7, 11) is 0. The quantitative estimate of drug-likeness (QED) is 0.470. The van der Waals surface area contributed by atoms with Crippen molar-refractivity contribution < 1.29 is 13.9 Å². The van der Waals surface area contributed by atoms with Crippen LogP contribution in [0.15, 0.2) is 89.3 Å². The van der Waals surface area contributed by atoms with Crippen molar-refractivity contribution >= 4 is 16.8 Å². The number of ketones is 1. The largest absolute Gasteiger partial charge is 0.457 e. The van der Waals surface area contributed by atoms with Crippen molar-refractivity contribution in [2.75, 3.05) is 0 Å². The van der Waals surface area contributed by atoms with Gasteiger partial charge in [0.1, 0.15) is 17.1 Å². The molecule has 0 fully saturated rings. The molecule has 3 nitrogen and oxygen atoms in total. The fraction of sp³-hybridized carbons (Fsp3) is 0. The first-order chi connectivity index (χ1) is 11.8. The summed E-state index contributed by atoms with van der Waals surface area (Å²) >= 11 is 0. The van der Waals surface area contributed by atoms with Crippen LogP contribution in [-0.2, 0) is 0 Å². The zero-order valence-corrected chi connectivity index (χ0v) is 12.8. The summed E-state index contributed by atoms with van der Waals surface area (Å²) < 4.78 is 11.4. The lowest BCUT2D eigenvalue weighted by molar-refractivity contribution is 0.101. The van der Waals surface area contributed by atoms with E-state index in [-0.39, 0.29) is 5.78 Å². The molecule has 3 aromatic carbocycles. The first-order valence-corrected chi connectivity index (χ1v) is 7.66. The van der Waals surface area contributed by atoms with E-state index in [0.717, 1.165) is 11.1 Å². The smallest absolute Gasteiger partial charge is 0.228 e. The van der Waals surface area contributed by atoms with Gasteiger partial charge in [0.15, 0.2) is 5.76 Å². The Labute approximate surface area is 139 Å². The number of furan rings is 1. The molecule has 4 rings (SSSR count). The van der Waals surface area contributed by atoms with Gasteiger partial charge in [-0.3, -0.25) is 4.79 Å². The van der Waals surface area contributed by atoms with E-state index >= 15 is 0 Å². The summed E-state index contributed by atoms with van der Waals surface area (Å²) in [5, 5.41) is 0.921. The molecule has 0 aliphatic heterocycles. The number of benzene rings is 3. The van der Waals surface area contributed by atoms with E-state index in [1.54, 1.807) is 30.3 Å². The third-order valence-corrected chi connectivity index (χ3v) is 3.74. The molecule has 4 aromatic rings. The first-order valence-electron chi connectivity index (χ1n) is 7.66. The number of hydrogen-bond acceptors (Lipinski definition) is 3. The highest BCUT2D eigenvalue weighted by Gasteiger charge is 2.14. The highest BCUT2D eigenvalue weighted by Crippen LogP contribution is 2.24. The van der Waals surface area contributed by atoms with E-state index in [4.69, 9.17) is 9.15 Å². The molecule has 0 saturated heterocycles. The van der Waals surface area contributed by atoms with Gasteiger partial charge in [-0.1, -0.05) is 36.4 Å². The van der Waals surface area contributed by atoms with E-state index in [9.17, 15) is 4.79 Å². The Bertz CT molecular complexity index is 949. The zero-order chi connectivity index (χ0) is 16.4. The monoisotopic (exact) mass is 314 g/mol. The third-order valence-electron chi connectivity index (χ3n) is 3.74. The van der Waals surface area contributed by atoms with Crippen LogP contribution in [0.1, 0.15) is 16.1 Å². The molecule has 0 spiro atoms. The maximum atomic E-state index is 12.6. The fourth-order valence-electron chi connectivity index (χ4n) is 2.54. The number of ether oxygens (including phenoxy) is 1. The fourth-order valence-corrected chi connectivity index (χ4v) is 2.54. The minimum absolute atomic E-state index is 0.141. The topological polar surface area (TPSA) is 39.4 Å². The molecule has 0 atom stereocenters. The van der Waals surface area contributed by atoms with Gasteiger partial charge in [0.2, 0.25) is 5.78 Å².